The van der Waals surface area contributed by atoms with Gasteiger partial charge in [0.1, 0.15) is 16.4 Å². The molecule has 0 bridgehead atoms. The van der Waals surface area contributed by atoms with Crippen molar-refractivity contribution in [2.75, 3.05) is 19.8 Å². The first-order valence-corrected chi connectivity index (χ1v) is 22.4. The number of thiophene rings is 4. The summed E-state index contributed by atoms with van der Waals surface area (Å²) in [5.41, 5.74) is 0. The summed E-state index contributed by atoms with van der Waals surface area (Å²) in [7, 11) is 0. The first-order valence-electron chi connectivity index (χ1n) is 19.0. The summed E-state index contributed by atoms with van der Waals surface area (Å²) in [5.74, 6) is 2.13. The molecule has 0 fully saturated rings. The number of unbranched alkanes of at least 4 members (excludes halogenated alkanes) is 3. The van der Waals surface area contributed by atoms with Crippen LogP contribution in [0.3, 0.4) is 0 Å². The van der Waals surface area contributed by atoms with Crippen LogP contribution in [0, 0.1) is 23.6 Å². The van der Waals surface area contributed by atoms with E-state index >= 15 is 4.39 Å². The maximum Gasteiger partial charge on any atom is 0.351 e. The lowest BCUT2D eigenvalue weighted by atomic mass is 10.0. The smallest absolute Gasteiger partial charge is 0.351 e. The molecule has 50 heavy (non-hydrogen) atoms. The molecule has 4 aromatic heterocycles. The average Bonchev–Trinajstić information content (AvgIpc) is 3.93. The zero-order valence-corrected chi connectivity index (χ0v) is 34.1. The predicted molar refractivity (Wildman–Crippen MR) is 217 cm³/mol. The second kappa shape index (κ2) is 19.0. The van der Waals surface area contributed by atoms with Crippen LogP contribution in [0.4, 0.5) is 4.39 Å². The van der Waals surface area contributed by atoms with Crippen LogP contribution in [0.15, 0.2) is 22.9 Å². The molecule has 0 saturated carbocycles. The number of halogens is 1. The Morgan fingerprint density at radius 1 is 0.700 bits per heavy atom. The van der Waals surface area contributed by atoms with Gasteiger partial charge in [0, 0.05) is 26.4 Å². The highest BCUT2D eigenvalue weighted by atomic mass is 32.1. The van der Waals surface area contributed by atoms with Gasteiger partial charge >= 0.3 is 5.97 Å². The van der Waals surface area contributed by atoms with E-state index in [-0.39, 0.29) is 4.88 Å². The number of carbonyl (C=O) groups is 1. The summed E-state index contributed by atoms with van der Waals surface area (Å²) in [6.07, 6.45) is 13.4. The molecule has 3 unspecified atom stereocenters. The number of rotatable bonds is 22. The highest BCUT2D eigenvalue weighted by Gasteiger charge is 2.27. The maximum absolute atomic E-state index is 15.8. The highest BCUT2D eigenvalue weighted by Crippen LogP contribution is 2.53. The molecule has 4 nitrogen and oxygen atoms in total. The monoisotopic (exact) mass is 758 g/mol. The molecule has 9 heteroatoms. The quantitative estimate of drug-likeness (QED) is 0.0659. The van der Waals surface area contributed by atoms with Crippen molar-refractivity contribution < 1.29 is 23.4 Å². The van der Waals surface area contributed by atoms with Crippen molar-refractivity contribution in [3.8, 4) is 21.3 Å². The van der Waals surface area contributed by atoms with Gasteiger partial charge in [0.25, 0.3) is 0 Å². The third-order valence-corrected chi connectivity index (χ3v) is 14.6. The van der Waals surface area contributed by atoms with E-state index in [2.05, 4.69) is 59.1 Å². The van der Waals surface area contributed by atoms with Crippen LogP contribution in [-0.2, 0) is 4.74 Å². The number of benzene rings is 1. The average molecular weight is 759 g/mol. The Morgan fingerprint density at radius 3 is 1.86 bits per heavy atom. The Labute approximate surface area is 314 Å². The second-order valence-electron chi connectivity index (χ2n) is 13.7. The largest absolute Gasteiger partial charge is 0.491 e. The Balaban J connectivity index is 1.53. The summed E-state index contributed by atoms with van der Waals surface area (Å²) in [5, 5.41) is 6.64. The lowest BCUT2D eigenvalue weighted by Gasteiger charge is -2.19. The van der Waals surface area contributed by atoms with Crippen LogP contribution in [0.2, 0.25) is 0 Å². The lowest BCUT2D eigenvalue weighted by Crippen LogP contribution is -2.14. The molecule has 0 aliphatic heterocycles. The van der Waals surface area contributed by atoms with Crippen molar-refractivity contribution in [2.45, 2.75) is 119 Å². The van der Waals surface area contributed by atoms with Crippen LogP contribution >= 0.6 is 45.3 Å². The van der Waals surface area contributed by atoms with E-state index in [9.17, 15) is 4.79 Å². The van der Waals surface area contributed by atoms with Gasteiger partial charge in [-0.25, -0.2) is 9.18 Å². The van der Waals surface area contributed by atoms with E-state index in [4.69, 9.17) is 14.2 Å². The molecular weight excluding hydrogens is 704 g/mol. The van der Waals surface area contributed by atoms with Gasteiger partial charge < -0.3 is 14.2 Å². The molecule has 0 radical (unpaired) electrons. The summed E-state index contributed by atoms with van der Waals surface area (Å²) in [6.45, 7) is 15.0. The fraction of sp³-hybridized carbons (Fsp3) is 0.585. The summed E-state index contributed by atoms with van der Waals surface area (Å²) < 4.78 is 38.0. The Bertz CT molecular complexity index is 1740. The molecule has 0 amide bonds. The van der Waals surface area contributed by atoms with Crippen molar-refractivity contribution in [3.63, 3.8) is 0 Å². The zero-order valence-electron chi connectivity index (χ0n) is 30.8. The minimum absolute atomic E-state index is 0.0689. The molecule has 3 atom stereocenters. The maximum atomic E-state index is 15.8. The SMILES string of the molecule is CCCCC(CC)COC(=O)c1sc2c(-c3cc4c(OCC(CC)CCCC)c5sccc5c(OCC(CC)CCCC)c4s3)scc2c1F. The topological polar surface area (TPSA) is 44.8 Å². The molecule has 0 N–H and O–H groups in total. The van der Waals surface area contributed by atoms with Crippen LogP contribution in [-0.4, -0.2) is 25.8 Å². The van der Waals surface area contributed by atoms with E-state index in [0.29, 0.717) is 43.0 Å². The standard InChI is InChI=1S/C41H55FO4S4/c1-7-13-16-26(10-4)22-44-34-29-19-20-47-36(29)35(45-23-27(11-5)17-14-8-2)30-21-32(49-37(30)34)39-38-31(25-48-39)33(42)40(50-38)41(43)46-24-28(12-6)18-15-9-3/h19-21,25-28H,7-18,22-24H2,1-6H3. The third-order valence-electron chi connectivity index (χ3n) is 10.1. The number of carbonyl (C=O) groups excluding carboxylic acids is 1. The molecular formula is C41H55FO4S4. The minimum Gasteiger partial charge on any atom is -0.491 e. The Morgan fingerprint density at radius 2 is 1.28 bits per heavy atom. The van der Waals surface area contributed by atoms with E-state index in [1.165, 1.54) is 48.4 Å². The first-order chi connectivity index (χ1) is 24.4. The van der Waals surface area contributed by atoms with E-state index in [1.54, 1.807) is 22.7 Å². The molecule has 4 heterocycles. The predicted octanol–water partition coefficient (Wildman–Crippen LogP) is 14.8. The zero-order chi connectivity index (χ0) is 35.6. The van der Waals surface area contributed by atoms with Crippen LogP contribution in [0.25, 0.3) is 40.0 Å². The van der Waals surface area contributed by atoms with Crippen LogP contribution in [0.1, 0.15) is 128 Å². The molecule has 0 spiro atoms. The third kappa shape index (κ3) is 8.87. The molecule has 5 rings (SSSR count). The van der Waals surface area contributed by atoms with Gasteiger partial charge in [-0.15, -0.1) is 45.3 Å². The number of fused-ring (bicyclic) bond motifs is 3. The molecule has 5 aromatic rings. The van der Waals surface area contributed by atoms with Crippen molar-refractivity contribution in [2.24, 2.45) is 17.8 Å². The number of hydrogen-bond donors (Lipinski definition) is 0. The van der Waals surface area contributed by atoms with Crippen molar-refractivity contribution in [1.82, 2.24) is 0 Å². The van der Waals surface area contributed by atoms with E-state index in [0.717, 1.165) is 97.5 Å². The van der Waals surface area contributed by atoms with Gasteiger partial charge in [-0.1, -0.05) is 99.3 Å². The molecule has 0 saturated heterocycles. The second-order valence-corrected chi connectivity index (χ2v) is 17.6. The van der Waals surface area contributed by atoms with Gasteiger partial charge in [-0.2, -0.15) is 0 Å². The fourth-order valence-corrected chi connectivity index (χ4v) is 11.1. The Kier molecular flexibility index (Phi) is 14.9. The van der Waals surface area contributed by atoms with Gasteiger partial charge in [0.15, 0.2) is 5.82 Å². The van der Waals surface area contributed by atoms with Crippen molar-refractivity contribution >= 4 is 81.6 Å². The van der Waals surface area contributed by atoms with Gasteiger partial charge in [-0.3, -0.25) is 0 Å². The normalized spacial score (nSPS) is 13.7. The first kappa shape index (κ1) is 39.0. The summed E-state index contributed by atoms with van der Waals surface area (Å²) in [6, 6.07) is 4.38. The summed E-state index contributed by atoms with van der Waals surface area (Å²) >= 11 is 6.14. The van der Waals surface area contributed by atoms with E-state index < -0.39 is 11.8 Å². The minimum atomic E-state index is -0.556. The van der Waals surface area contributed by atoms with Crippen molar-refractivity contribution in [3.05, 3.63) is 33.6 Å². The van der Waals surface area contributed by atoms with Crippen LogP contribution in [0.5, 0.6) is 11.5 Å². The fourth-order valence-electron chi connectivity index (χ4n) is 6.56. The van der Waals surface area contributed by atoms with Gasteiger partial charge in [-0.05, 0) is 54.5 Å². The number of ether oxygens (including phenoxy) is 3. The van der Waals surface area contributed by atoms with Gasteiger partial charge in [0.2, 0.25) is 0 Å². The van der Waals surface area contributed by atoms with Crippen LogP contribution < -0.4 is 9.47 Å². The lowest BCUT2D eigenvalue weighted by molar-refractivity contribution is 0.0429. The van der Waals surface area contributed by atoms with Gasteiger partial charge in [0.05, 0.1) is 38.8 Å². The number of esters is 1. The number of hydrogen-bond acceptors (Lipinski definition) is 8. The molecule has 0 aliphatic carbocycles. The summed E-state index contributed by atoms with van der Waals surface area (Å²) in [4.78, 5) is 15.2. The molecule has 274 valence electrons. The van der Waals surface area contributed by atoms with E-state index in [1.807, 2.05) is 5.38 Å². The Hall–Kier alpha value is -2.20. The molecule has 0 aliphatic rings. The molecule has 1 aromatic carbocycles. The van der Waals surface area contributed by atoms with Crippen molar-refractivity contribution in [1.29, 1.82) is 0 Å². The highest BCUT2D eigenvalue weighted by molar-refractivity contribution is 7.30.